The number of nitrogens with one attached hydrogen (secondary N) is 1. The molecule has 0 atom stereocenters. The lowest BCUT2D eigenvalue weighted by Crippen LogP contribution is -2.22. The van der Waals surface area contributed by atoms with Crippen LogP contribution in [-0.2, 0) is 7.05 Å². The van der Waals surface area contributed by atoms with Crippen molar-refractivity contribution in [2.75, 3.05) is 11.9 Å². The minimum atomic E-state index is -4.45. The van der Waals surface area contributed by atoms with Crippen LogP contribution in [0, 0.1) is 10.1 Å². The van der Waals surface area contributed by atoms with Crippen LogP contribution in [0.2, 0.25) is 0 Å². The van der Waals surface area contributed by atoms with Gasteiger partial charge in [-0.2, -0.15) is 18.3 Å². The highest BCUT2D eigenvalue weighted by Gasteiger charge is 2.32. The van der Waals surface area contributed by atoms with E-state index >= 15 is 0 Å². The molecule has 9 heteroatoms. The predicted octanol–water partition coefficient (Wildman–Crippen LogP) is 2.43. The van der Waals surface area contributed by atoms with Gasteiger partial charge in [-0.1, -0.05) is 13.8 Å². The Labute approximate surface area is 101 Å². The molecule has 18 heavy (non-hydrogen) atoms. The maximum absolute atomic E-state index is 12.1. The van der Waals surface area contributed by atoms with E-state index in [2.05, 4.69) is 5.10 Å². The molecule has 1 rings (SSSR count). The van der Waals surface area contributed by atoms with Crippen LogP contribution >= 0.6 is 0 Å². The molecule has 0 spiro atoms. The number of nitro groups is 1. The largest absolute Gasteiger partial charge is 0.405 e. The molecule has 0 fully saturated rings. The molecule has 0 bridgehead atoms. The molecule has 0 saturated carbocycles. The summed E-state index contributed by atoms with van der Waals surface area (Å²) in [5, 5.41) is 16.8. The SMILES string of the molecule is CC(C)c1nn(C)c(NCC(F)(F)F)c1[N+](=O)[O-]. The summed E-state index contributed by atoms with van der Waals surface area (Å²) in [6.45, 7) is 2.02. The highest BCUT2D eigenvalue weighted by Crippen LogP contribution is 2.33. The van der Waals surface area contributed by atoms with Crippen molar-refractivity contribution in [2.45, 2.75) is 25.9 Å². The Morgan fingerprint density at radius 3 is 2.44 bits per heavy atom. The van der Waals surface area contributed by atoms with Crippen LogP contribution in [0.25, 0.3) is 0 Å². The first kappa shape index (κ1) is 14.3. The van der Waals surface area contributed by atoms with Crippen molar-refractivity contribution in [3.8, 4) is 0 Å². The molecule has 0 aliphatic heterocycles. The van der Waals surface area contributed by atoms with Crippen molar-refractivity contribution >= 4 is 11.5 Å². The number of anilines is 1. The molecule has 0 unspecified atom stereocenters. The van der Waals surface area contributed by atoms with E-state index in [1.165, 1.54) is 7.05 Å². The number of alkyl halides is 3. The zero-order chi connectivity index (χ0) is 14.1. The molecule has 102 valence electrons. The molecular weight excluding hydrogens is 253 g/mol. The van der Waals surface area contributed by atoms with Gasteiger partial charge in [0.1, 0.15) is 12.2 Å². The van der Waals surface area contributed by atoms with E-state index in [4.69, 9.17) is 0 Å². The third-order valence-electron chi connectivity index (χ3n) is 2.23. The van der Waals surface area contributed by atoms with Crippen LogP contribution in [0.5, 0.6) is 0 Å². The van der Waals surface area contributed by atoms with Gasteiger partial charge < -0.3 is 5.32 Å². The van der Waals surface area contributed by atoms with E-state index in [1.54, 1.807) is 13.8 Å². The number of hydrogen-bond acceptors (Lipinski definition) is 4. The minimum absolute atomic E-state index is 0.159. The maximum Gasteiger partial charge on any atom is 0.405 e. The lowest BCUT2D eigenvalue weighted by Gasteiger charge is -2.08. The molecule has 1 aromatic rings. The van der Waals surface area contributed by atoms with Crippen molar-refractivity contribution in [1.29, 1.82) is 0 Å². The van der Waals surface area contributed by atoms with Gasteiger partial charge in [0.05, 0.1) is 4.92 Å². The van der Waals surface area contributed by atoms with Crippen molar-refractivity contribution in [3.63, 3.8) is 0 Å². The summed E-state index contributed by atoms with van der Waals surface area (Å²) >= 11 is 0. The predicted molar refractivity (Wildman–Crippen MR) is 58.5 cm³/mol. The molecule has 1 N–H and O–H groups in total. The second kappa shape index (κ2) is 4.83. The van der Waals surface area contributed by atoms with Crippen molar-refractivity contribution in [3.05, 3.63) is 15.8 Å². The monoisotopic (exact) mass is 266 g/mol. The second-order valence-electron chi connectivity index (χ2n) is 4.09. The minimum Gasteiger partial charge on any atom is -0.356 e. The van der Waals surface area contributed by atoms with E-state index in [1.807, 2.05) is 5.32 Å². The van der Waals surface area contributed by atoms with Gasteiger partial charge in [0.2, 0.25) is 5.82 Å². The van der Waals surface area contributed by atoms with Gasteiger partial charge in [-0.3, -0.25) is 10.1 Å². The molecule has 0 aromatic carbocycles. The number of aryl methyl sites for hydroxylation is 1. The molecule has 0 radical (unpaired) electrons. The number of halogens is 3. The van der Waals surface area contributed by atoms with Crippen molar-refractivity contribution in [2.24, 2.45) is 7.05 Å². The van der Waals surface area contributed by atoms with Gasteiger partial charge in [0.15, 0.2) is 0 Å². The Hall–Kier alpha value is -1.80. The fourth-order valence-corrected chi connectivity index (χ4v) is 1.48. The molecule has 0 aliphatic rings. The smallest absolute Gasteiger partial charge is 0.356 e. The first-order valence-electron chi connectivity index (χ1n) is 5.15. The first-order valence-corrected chi connectivity index (χ1v) is 5.15. The Bertz CT molecular complexity index is 453. The van der Waals surface area contributed by atoms with Gasteiger partial charge in [0.25, 0.3) is 0 Å². The van der Waals surface area contributed by atoms with Gasteiger partial charge in [0, 0.05) is 13.0 Å². The highest BCUT2D eigenvalue weighted by atomic mass is 19.4. The van der Waals surface area contributed by atoms with Crippen LogP contribution in [0.15, 0.2) is 0 Å². The van der Waals surface area contributed by atoms with E-state index in [0.29, 0.717) is 0 Å². The Kier molecular flexibility index (Phi) is 3.82. The van der Waals surface area contributed by atoms with E-state index in [9.17, 15) is 23.3 Å². The molecule has 0 amide bonds. The molecule has 0 saturated heterocycles. The summed E-state index contributed by atoms with van der Waals surface area (Å²) in [6.07, 6.45) is -4.45. The average molecular weight is 266 g/mol. The van der Waals surface area contributed by atoms with E-state index in [-0.39, 0.29) is 17.4 Å². The summed E-state index contributed by atoms with van der Waals surface area (Å²) in [4.78, 5) is 10.2. The maximum atomic E-state index is 12.1. The second-order valence-corrected chi connectivity index (χ2v) is 4.09. The van der Waals surface area contributed by atoms with Gasteiger partial charge >= 0.3 is 11.9 Å². The fraction of sp³-hybridized carbons (Fsp3) is 0.667. The van der Waals surface area contributed by atoms with Crippen molar-refractivity contribution in [1.82, 2.24) is 9.78 Å². The zero-order valence-electron chi connectivity index (χ0n) is 10.1. The van der Waals surface area contributed by atoms with Crippen LogP contribution in [0.3, 0.4) is 0 Å². The third-order valence-corrected chi connectivity index (χ3v) is 2.23. The molecular formula is C9H13F3N4O2. The van der Waals surface area contributed by atoms with Crippen LogP contribution in [-0.4, -0.2) is 27.4 Å². The normalized spacial score (nSPS) is 11.9. The summed E-state index contributed by atoms with van der Waals surface area (Å²) < 4.78 is 37.4. The Morgan fingerprint density at radius 2 is 2.06 bits per heavy atom. The van der Waals surface area contributed by atoms with E-state index in [0.717, 1.165) is 4.68 Å². The highest BCUT2D eigenvalue weighted by molar-refractivity contribution is 5.60. The molecule has 0 aliphatic carbocycles. The Balaban J connectivity index is 3.14. The first-order chi connectivity index (χ1) is 8.13. The van der Waals surface area contributed by atoms with Gasteiger partial charge in [-0.25, -0.2) is 4.68 Å². The number of rotatable bonds is 4. The summed E-state index contributed by atoms with van der Waals surface area (Å²) in [6, 6.07) is 0. The third kappa shape index (κ3) is 3.11. The quantitative estimate of drug-likeness (QED) is 0.671. The van der Waals surface area contributed by atoms with Crippen LogP contribution < -0.4 is 5.32 Å². The average Bonchev–Trinajstić information content (AvgIpc) is 2.51. The van der Waals surface area contributed by atoms with Crippen LogP contribution in [0.1, 0.15) is 25.5 Å². The Morgan fingerprint density at radius 1 is 1.50 bits per heavy atom. The lowest BCUT2D eigenvalue weighted by atomic mass is 10.1. The fourth-order valence-electron chi connectivity index (χ4n) is 1.48. The molecule has 1 aromatic heterocycles. The van der Waals surface area contributed by atoms with Crippen molar-refractivity contribution < 1.29 is 18.1 Å². The number of aromatic nitrogens is 2. The van der Waals surface area contributed by atoms with E-state index < -0.39 is 23.3 Å². The zero-order valence-corrected chi connectivity index (χ0v) is 10.1. The van der Waals surface area contributed by atoms with Gasteiger partial charge in [-0.05, 0) is 0 Å². The standard InChI is InChI=1S/C9H13F3N4O2/c1-5(2)6-7(16(17)18)8(15(3)14-6)13-4-9(10,11)12/h5,13H,4H2,1-3H3. The lowest BCUT2D eigenvalue weighted by molar-refractivity contribution is -0.384. The van der Waals surface area contributed by atoms with Gasteiger partial charge in [-0.15, -0.1) is 0 Å². The summed E-state index contributed by atoms with van der Waals surface area (Å²) in [5.41, 5.74) is -0.246. The number of nitrogens with zero attached hydrogens (tertiary/aromatic N) is 3. The number of hydrogen-bond donors (Lipinski definition) is 1. The molecule has 6 nitrogen and oxygen atoms in total. The summed E-state index contributed by atoms with van der Waals surface area (Å²) in [5.74, 6) is -0.487. The topological polar surface area (TPSA) is 73.0 Å². The summed E-state index contributed by atoms with van der Waals surface area (Å²) in [7, 11) is 1.36. The molecule has 1 heterocycles. The van der Waals surface area contributed by atoms with Crippen LogP contribution in [0.4, 0.5) is 24.7 Å².